The molecule has 0 spiro atoms. The minimum atomic E-state index is 0.429. The van der Waals surface area contributed by atoms with E-state index in [4.69, 9.17) is 4.74 Å². The van der Waals surface area contributed by atoms with E-state index in [9.17, 15) is 0 Å². The largest absolute Gasteiger partial charge is 0.377 e. The van der Waals surface area contributed by atoms with Crippen LogP contribution in [-0.4, -0.2) is 13.2 Å². The maximum absolute atomic E-state index is 5.33. The standard InChI is InChI=1S/C9H16O/c1-3-8-6-4-5-7-9(8)10-2/h3,9H,4-7H2,1-2H3/b8-3-. The first kappa shape index (κ1) is 7.80. The summed E-state index contributed by atoms with van der Waals surface area (Å²) in [5.74, 6) is 0. The second-order valence-corrected chi connectivity index (χ2v) is 2.83. The molecule has 1 saturated carbocycles. The van der Waals surface area contributed by atoms with Gasteiger partial charge in [0.15, 0.2) is 0 Å². The van der Waals surface area contributed by atoms with E-state index >= 15 is 0 Å². The van der Waals surface area contributed by atoms with E-state index in [1.54, 1.807) is 7.11 Å². The van der Waals surface area contributed by atoms with Crippen LogP contribution in [0.25, 0.3) is 0 Å². The van der Waals surface area contributed by atoms with E-state index < -0.39 is 0 Å². The van der Waals surface area contributed by atoms with Crippen molar-refractivity contribution in [3.05, 3.63) is 11.6 Å². The van der Waals surface area contributed by atoms with Crippen molar-refractivity contribution in [1.82, 2.24) is 0 Å². The highest BCUT2D eigenvalue weighted by molar-refractivity contribution is 5.09. The van der Waals surface area contributed by atoms with Gasteiger partial charge in [-0.15, -0.1) is 0 Å². The van der Waals surface area contributed by atoms with Crippen molar-refractivity contribution in [2.45, 2.75) is 38.7 Å². The number of hydrogen-bond donors (Lipinski definition) is 0. The summed E-state index contributed by atoms with van der Waals surface area (Å²) in [5.41, 5.74) is 1.49. The van der Waals surface area contributed by atoms with Crippen LogP contribution in [0.1, 0.15) is 32.6 Å². The Morgan fingerprint density at radius 3 is 2.80 bits per heavy atom. The van der Waals surface area contributed by atoms with Gasteiger partial charge in [0.1, 0.15) is 0 Å². The van der Waals surface area contributed by atoms with Gasteiger partial charge in [-0.25, -0.2) is 0 Å². The predicted molar refractivity (Wildman–Crippen MR) is 43.0 cm³/mol. The second kappa shape index (κ2) is 3.77. The van der Waals surface area contributed by atoms with Crippen LogP contribution < -0.4 is 0 Å². The van der Waals surface area contributed by atoms with Gasteiger partial charge >= 0.3 is 0 Å². The van der Waals surface area contributed by atoms with Gasteiger partial charge in [-0.2, -0.15) is 0 Å². The molecule has 1 atom stereocenters. The van der Waals surface area contributed by atoms with Gasteiger partial charge in [0.05, 0.1) is 6.10 Å². The van der Waals surface area contributed by atoms with Gasteiger partial charge in [0, 0.05) is 7.11 Å². The van der Waals surface area contributed by atoms with Crippen molar-refractivity contribution in [3.63, 3.8) is 0 Å². The highest BCUT2D eigenvalue weighted by atomic mass is 16.5. The molecule has 1 fully saturated rings. The third-order valence-electron chi connectivity index (χ3n) is 2.25. The van der Waals surface area contributed by atoms with E-state index in [1.807, 2.05) is 0 Å². The highest BCUT2D eigenvalue weighted by Gasteiger charge is 2.16. The van der Waals surface area contributed by atoms with Crippen LogP contribution in [0.2, 0.25) is 0 Å². The minimum absolute atomic E-state index is 0.429. The molecule has 0 aliphatic heterocycles. The molecule has 1 nitrogen and oxygen atoms in total. The fourth-order valence-electron chi connectivity index (χ4n) is 1.60. The maximum atomic E-state index is 5.33. The fraction of sp³-hybridized carbons (Fsp3) is 0.778. The molecule has 0 aromatic rings. The SMILES string of the molecule is C/C=C1/CCCCC1OC. The van der Waals surface area contributed by atoms with Crippen molar-refractivity contribution >= 4 is 0 Å². The lowest BCUT2D eigenvalue weighted by molar-refractivity contribution is 0.109. The van der Waals surface area contributed by atoms with Crippen LogP contribution in [0.3, 0.4) is 0 Å². The molecule has 0 radical (unpaired) electrons. The van der Waals surface area contributed by atoms with Crippen LogP contribution in [0.5, 0.6) is 0 Å². The molecule has 1 unspecified atom stereocenters. The molecule has 0 N–H and O–H groups in total. The molecule has 0 heterocycles. The van der Waals surface area contributed by atoms with Crippen LogP contribution in [0, 0.1) is 0 Å². The Kier molecular flexibility index (Phi) is 2.94. The average molecular weight is 140 g/mol. The molecule has 0 saturated heterocycles. The molecule has 1 heteroatoms. The van der Waals surface area contributed by atoms with Crippen molar-refractivity contribution in [2.75, 3.05) is 7.11 Å². The van der Waals surface area contributed by atoms with E-state index in [2.05, 4.69) is 13.0 Å². The first-order valence-corrected chi connectivity index (χ1v) is 4.06. The Morgan fingerprint density at radius 2 is 2.30 bits per heavy atom. The van der Waals surface area contributed by atoms with Gasteiger partial charge in [-0.3, -0.25) is 0 Å². The van der Waals surface area contributed by atoms with Crippen molar-refractivity contribution in [2.24, 2.45) is 0 Å². The number of ether oxygens (including phenoxy) is 1. The first-order valence-electron chi connectivity index (χ1n) is 4.06. The molecule has 1 rings (SSSR count). The predicted octanol–water partition coefficient (Wildman–Crippen LogP) is 2.52. The summed E-state index contributed by atoms with van der Waals surface area (Å²) in [6, 6.07) is 0. The van der Waals surface area contributed by atoms with Gasteiger partial charge in [0.2, 0.25) is 0 Å². The van der Waals surface area contributed by atoms with Crippen LogP contribution in [0.4, 0.5) is 0 Å². The van der Waals surface area contributed by atoms with Crippen LogP contribution in [-0.2, 0) is 4.74 Å². The monoisotopic (exact) mass is 140 g/mol. The Hall–Kier alpha value is -0.300. The van der Waals surface area contributed by atoms with Crippen molar-refractivity contribution in [3.8, 4) is 0 Å². The molecule has 1 aliphatic carbocycles. The lowest BCUT2D eigenvalue weighted by Crippen LogP contribution is -2.17. The third kappa shape index (κ3) is 1.60. The highest BCUT2D eigenvalue weighted by Crippen LogP contribution is 2.25. The van der Waals surface area contributed by atoms with Crippen LogP contribution >= 0.6 is 0 Å². The molecular formula is C9H16O. The summed E-state index contributed by atoms with van der Waals surface area (Å²) in [4.78, 5) is 0. The number of allylic oxidation sites excluding steroid dienone is 1. The number of hydrogen-bond acceptors (Lipinski definition) is 1. The first-order chi connectivity index (χ1) is 4.88. The smallest absolute Gasteiger partial charge is 0.0781 e. The minimum Gasteiger partial charge on any atom is -0.377 e. The molecule has 58 valence electrons. The number of methoxy groups -OCH3 is 1. The second-order valence-electron chi connectivity index (χ2n) is 2.83. The Bertz CT molecular complexity index is 127. The lowest BCUT2D eigenvalue weighted by Gasteiger charge is -2.23. The maximum Gasteiger partial charge on any atom is 0.0781 e. The topological polar surface area (TPSA) is 9.23 Å². The Balaban J connectivity index is 2.50. The normalized spacial score (nSPS) is 31.0. The summed E-state index contributed by atoms with van der Waals surface area (Å²) < 4.78 is 5.33. The molecule has 0 aromatic heterocycles. The fourth-order valence-corrected chi connectivity index (χ4v) is 1.60. The summed E-state index contributed by atoms with van der Waals surface area (Å²) in [6.45, 7) is 2.10. The Labute approximate surface area is 63.1 Å². The molecule has 0 bridgehead atoms. The zero-order valence-electron chi connectivity index (χ0n) is 6.89. The zero-order chi connectivity index (χ0) is 7.40. The quantitative estimate of drug-likeness (QED) is 0.508. The summed E-state index contributed by atoms with van der Waals surface area (Å²) in [7, 11) is 1.81. The van der Waals surface area contributed by atoms with E-state index in [0.29, 0.717) is 6.10 Å². The van der Waals surface area contributed by atoms with Gasteiger partial charge < -0.3 is 4.74 Å². The van der Waals surface area contributed by atoms with Crippen molar-refractivity contribution < 1.29 is 4.74 Å². The molecule has 10 heavy (non-hydrogen) atoms. The molecule has 0 aromatic carbocycles. The average Bonchev–Trinajstić information content (AvgIpc) is 2.04. The Morgan fingerprint density at radius 1 is 1.50 bits per heavy atom. The molecule has 1 aliphatic rings. The molecular weight excluding hydrogens is 124 g/mol. The zero-order valence-corrected chi connectivity index (χ0v) is 6.89. The van der Waals surface area contributed by atoms with Gasteiger partial charge in [-0.05, 0) is 31.8 Å². The van der Waals surface area contributed by atoms with E-state index in [-0.39, 0.29) is 0 Å². The van der Waals surface area contributed by atoms with Gasteiger partial charge in [0.25, 0.3) is 0 Å². The van der Waals surface area contributed by atoms with E-state index in [1.165, 1.54) is 31.3 Å². The summed E-state index contributed by atoms with van der Waals surface area (Å²) in [5, 5.41) is 0. The third-order valence-corrected chi connectivity index (χ3v) is 2.25. The van der Waals surface area contributed by atoms with Crippen LogP contribution in [0.15, 0.2) is 11.6 Å². The summed E-state index contributed by atoms with van der Waals surface area (Å²) in [6.07, 6.45) is 7.77. The van der Waals surface area contributed by atoms with Gasteiger partial charge in [-0.1, -0.05) is 12.5 Å². The summed E-state index contributed by atoms with van der Waals surface area (Å²) >= 11 is 0. The van der Waals surface area contributed by atoms with E-state index in [0.717, 1.165) is 0 Å². The molecule has 0 amide bonds. The lowest BCUT2D eigenvalue weighted by atomic mass is 9.92. The number of rotatable bonds is 1. The van der Waals surface area contributed by atoms with Crippen molar-refractivity contribution in [1.29, 1.82) is 0 Å².